The minimum atomic E-state index is 1.14. The topological polar surface area (TPSA) is 0 Å². The average molecular weight is 136 g/mol. The van der Waals surface area contributed by atoms with Gasteiger partial charge >= 0.3 is 0 Å². The fourth-order valence-electron chi connectivity index (χ4n) is 0.966. The van der Waals surface area contributed by atoms with E-state index < -0.39 is 0 Å². The van der Waals surface area contributed by atoms with Gasteiger partial charge in [0.05, 0.1) is 0 Å². The number of hydrogen-bond acceptors (Lipinski definition) is 0. The molecule has 0 bridgehead atoms. The van der Waals surface area contributed by atoms with Crippen LogP contribution in [-0.4, -0.2) is 0 Å². The lowest BCUT2D eigenvalue weighted by Gasteiger charge is -2.04. The highest BCUT2D eigenvalue weighted by molar-refractivity contribution is 5.42. The molecule has 10 heavy (non-hydrogen) atoms. The van der Waals surface area contributed by atoms with Gasteiger partial charge in [-0.25, -0.2) is 0 Å². The average Bonchev–Trinajstić information content (AvgIpc) is 1.88. The lowest BCUT2D eigenvalue weighted by molar-refractivity contribution is 1.30. The van der Waals surface area contributed by atoms with Gasteiger partial charge in [-0.05, 0) is 38.8 Å². The van der Waals surface area contributed by atoms with Crippen molar-refractivity contribution in [3.05, 3.63) is 35.5 Å². The van der Waals surface area contributed by atoms with E-state index in [9.17, 15) is 0 Å². The van der Waals surface area contributed by atoms with Crippen LogP contribution in [0.2, 0.25) is 0 Å². The molecule has 0 spiro atoms. The largest absolute Gasteiger partial charge is 0.0955 e. The molecule has 0 aliphatic rings. The van der Waals surface area contributed by atoms with Crippen LogP contribution >= 0.6 is 0 Å². The fourth-order valence-corrected chi connectivity index (χ4v) is 0.966. The second-order valence-electron chi connectivity index (χ2n) is 2.45. The molecule has 0 saturated carbocycles. The molecule has 0 fully saturated rings. The monoisotopic (exact) mass is 136 g/mol. The normalized spacial score (nSPS) is 13.6. The molecule has 0 heterocycles. The third-order valence-electron chi connectivity index (χ3n) is 1.61. The summed E-state index contributed by atoms with van der Waals surface area (Å²) in [5.74, 6) is 0. The van der Waals surface area contributed by atoms with Gasteiger partial charge in [0.1, 0.15) is 0 Å². The highest BCUT2D eigenvalue weighted by atomic mass is 14.0. The lowest BCUT2D eigenvalue weighted by atomic mass is 10.0. The molecule has 0 unspecified atom stereocenters. The Bertz CT molecular complexity index is 180. The quantitative estimate of drug-likeness (QED) is 0.510. The Morgan fingerprint density at radius 1 is 1.10 bits per heavy atom. The van der Waals surface area contributed by atoms with Crippen LogP contribution in [0, 0.1) is 0 Å². The maximum Gasteiger partial charge on any atom is -0.0250 e. The molecule has 0 heteroatoms. The predicted molar refractivity (Wildman–Crippen MR) is 48.0 cm³/mol. The summed E-state index contributed by atoms with van der Waals surface area (Å²) in [6, 6.07) is 0. The van der Waals surface area contributed by atoms with Crippen molar-refractivity contribution >= 4 is 0 Å². The number of rotatable bonds is 2. The summed E-state index contributed by atoms with van der Waals surface area (Å²) in [5.41, 5.74) is 3.70. The minimum absolute atomic E-state index is 1.14. The van der Waals surface area contributed by atoms with E-state index in [1.165, 1.54) is 11.1 Å². The van der Waals surface area contributed by atoms with Gasteiger partial charge in [-0.2, -0.15) is 0 Å². The van der Waals surface area contributed by atoms with Crippen LogP contribution in [0.3, 0.4) is 0 Å². The molecule has 0 rings (SSSR count). The molecular formula is C10H16. The molecule has 0 aromatic heterocycles. The van der Waals surface area contributed by atoms with Crippen LogP contribution < -0.4 is 0 Å². The van der Waals surface area contributed by atoms with Gasteiger partial charge in [0.25, 0.3) is 0 Å². The summed E-state index contributed by atoms with van der Waals surface area (Å²) in [6.07, 6.45) is 4.20. The van der Waals surface area contributed by atoms with E-state index in [0.717, 1.165) is 5.57 Å². The minimum Gasteiger partial charge on any atom is -0.0955 e. The summed E-state index contributed by atoms with van der Waals surface area (Å²) in [5, 5.41) is 0. The first-order valence-corrected chi connectivity index (χ1v) is 3.59. The summed E-state index contributed by atoms with van der Waals surface area (Å²) < 4.78 is 0. The van der Waals surface area contributed by atoms with Crippen molar-refractivity contribution in [2.75, 3.05) is 0 Å². The van der Waals surface area contributed by atoms with Crippen LogP contribution in [0.4, 0.5) is 0 Å². The van der Waals surface area contributed by atoms with Gasteiger partial charge in [0, 0.05) is 0 Å². The maximum absolute atomic E-state index is 3.89. The van der Waals surface area contributed by atoms with E-state index in [-0.39, 0.29) is 0 Å². The molecule has 0 nitrogen and oxygen atoms in total. The van der Waals surface area contributed by atoms with Gasteiger partial charge in [-0.1, -0.05) is 24.3 Å². The standard InChI is InChI=1S/C10H16/c1-6-9(5)10(7-2)8(3)4/h6-7H,3H2,1-2,4-5H3/b9-6-,10-7-. The van der Waals surface area contributed by atoms with E-state index in [0.29, 0.717) is 0 Å². The Hall–Kier alpha value is -0.780. The van der Waals surface area contributed by atoms with E-state index in [2.05, 4.69) is 25.7 Å². The Morgan fingerprint density at radius 2 is 1.60 bits per heavy atom. The molecular weight excluding hydrogens is 120 g/mol. The van der Waals surface area contributed by atoms with Gasteiger partial charge in [-0.3, -0.25) is 0 Å². The molecule has 0 aliphatic carbocycles. The summed E-state index contributed by atoms with van der Waals surface area (Å²) in [7, 11) is 0. The number of hydrogen-bond donors (Lipinski definition) is 0. The molecule has 0 aliphatic heterocycles. The molecule has 0 atom stereocenters. The first kappa shape index (κ1) is 9.22. The molecule has 0 saturated heterocycles. The second kappa shape index (κ2) is 4.10. The van der Waals surface area contributed by atoms with Crippen LogP contribution in [0.25, 0.3) is 0 Å². The van der Waals surface area contributed by atoms with Crippen molar-refractivity contribution in [2.45, 2.75) is 27.7 Å². The Balaban J connectivity index is 4.56. The highest BCUT2D eigenvalue weighted by Gasteiger charge is 1.96. The number of allylic oxidation sites excluding steroid dienone is 5. The zero-order valence-corrected chi connectivity index (χ0v) is 7.36. The Morgan fingerprint density at radius 3 is 1.70 bits per heavy atom. The molecule has 0 N–H and O–H groups in total. The van der Waals surface area contributed by atoms with Gasteiger partial charge < -0.3 is 0 Å². The fraction of sp³-hybridized carbons (Fsp3) is 0.400. The van der Waals surface area contributed by atoms with E-state index in [4.69, 9.17) is 0 Å². The molecule has 56 valence electrons. The SMILES string of the molecule is C=C(C)C(=C/C)/C(C)=C\C. The summed E-state index contributed by atoms with van der Waals surface area (Å²) >= 11 is 0. The van der Waals surface area contributed by atoms with Crippen molar-refractivity contribution in [1.29, 1.82) is 0 Å². The van der Waals surface area contributed by atoms with Gasteiger partial charge in [0.2, 0.25) is 0 Å². The van der Waals surface area contributed by atoms with Crippen molar-refractivity contribution in [3.8, 4) is 0 Å². The summed E-state index contributed by atoms with van der Waals surface area (Å²) in [6.45, 7) is 12.1. The molecule has 0 amide bonds. The van der Waals surface area contributed by atoms with Crippen LogP contribution in [0.1, 0.15) is 27.7 Å². The Labute approximate surface area is 64.0 Å². The van der Waals surface area contributed by atoms with Crippen molar-refractivity contribution in [2.24, 2.45) is 0 Å². The van der Waals surface area contributed by atoms with Gasteiger partial charge in [-0.15, -0.1) is 0 Å². The van der Waals surface area contributed by atoms with Crippen LogP contribution in [0.15, 0.2) is 35.5 Å². The third-order valence-corrected chi connectivity index (χ3v) is 1.61. The zero-order chi connectivity index (χ0) is 8.15. The van der Waals surface area contributed by atoms with Gasteiger partial charge in [0.15, 0.2) is 0 Å². The predicted octanol–water partition coefficient (Wildman–Crippen LogP) is 3.48. The van der Waals surface area contributed by atoms with Crippen molar-refractivity contribution in [1.82, 2.24) is 0 Å². The lowest BCUT2D eigenvalue weighted by Crippen LogP contribution is -1.84. The maximum atomic E-state index is 3.89. The van der Waals surface area contributed by atoms with Crippen LogP contribution in [-0.2, 0) is 0 Å². The first-order valence-electron chi connectivity index (χ1n) is 3.59. The van der Waals surface area contributed by atoms with E-state index >= 15 is 0 Å². The summed E-state index contributed by atoms with van der Waals surface area (Å²) in [4.78, 5) is 0. The Kier molecular flexibility index (Phi) is 3.78. The smallest absolute Gasteiger partial charge is 0.0250 e. The van der Waals surface area contributed by atoms with E-state index in [1.54, 1.807) is 0 Å². The van der Waals surface area contributed by atoms with Crippen molar-refractivity contribution in [3.63, 3.8) is 0 Å². The second-order valence-corrected chi connectivity index (χ2v) is 2.45. The molecule has 0 aromatic rings. The van der Waals surface area contributed by atoms with Crippen LogP contribution in [0.5, 0.6) is 0 Å². The first-order chi connectivity index (χ1) is 4.63. The third kappa shape index (κ3) is 2.22. The zero-order valence-electron chi connectivity index (χ0n) is 7.36. The highest BCUT2D eigenvalue weighted by Crippen LogP contribution is 2.16. The van der Waals surface area contributed by atoms with Crippen molar-refractivity contribution < 1.29 is 0 Å². The van der Waals surface area contributed by atoms with E-state index in [1.807, 2.05) is 20.8 Å². The molecule has 0 radical (unpaired) electrons. The molecule has 0 aromatic carbocycles.